The van der Waals surface area contributed by atoms with E-state index in [1.807, 2.05) is 12.1 Å². The minimum atomic E-state index is -0.257. The smallest absolute Gasteiger partial charge is 0.262 e. The lowest BCUT2D eigenvalue weighted by atomic mass is 10.3. The fraction of sp³-hybridized carbons (Fsp3) is 0.100. The second-order valence-electron chi connectivity index (χ2n) is 5.31. The molecule has 0 unspecified atom stereocenters. The van der Waals surface area contributed by atoms with Gasteiger partial charge in [0.15, 0.2) is 6.61 Å². The van der Waals surface area contributed by atoms with Gasteiger partial charge in [-0.1, -0.05) is 12.1 Å². The van der Waals surface area contributed by atoms with Gasteiger partial charge in [0.05, 0.1) is 7.11 Å². The van der Waals surface area contributed by atoms with Crippen LogP contribution in [-0.4, -0.2) is 24.6 Å². The number of benzene rings is 2. The van der Waals surface area contributed by atoms with Crippen LogP contribution in [-0.2, 0) is 4.79 Å². The first-order chi connectivity index (χ1) is 12.7. The SMILES string of the molecule is COc1cccc(NC(=O)COc2ccc(Oc3ccccn3)cc2)c1. The number of rotatable bonds is 7. The Bertz CT molecular complexity index is 851. The third-order valence-corrected chi connectivity index (χ3v) is 3.41. The van der Waals surface area contributed by atoms with Crippen molar-refractivity contribution in [3.63, 3.8) is 0 Å². The first-order valence-corrected chi connectivity index (χ1v) is 7.98. The number of aromatic nitrogens is 1. The second-order valence-corrected chi connectivity index (χ2v) is 5.31. The van der Waals surface area contributed by atoms with E-state index in [9.17, 15) is 4.79 Å². The van der Waals surface area contributed by atoms with Crippen LogP contribution in [0.5, 0.6) is 23.1 Å². The molecule has 3 rings (SSSR count). The topological polar surface area (TPSA) is 69.7 Å². The van der Waals surface area contributed by atoms with Crippen LogP contribution in [0.2, 0.25) is 0 Å². The maximum atomic E-state index is 12.0. The molecule has 1 heterocycles. The van der Waals surface area contributed by atoms with Crippen molar-refractivity contribution < 1.29 is 19.0 Å². The van der Waals surface area contributed by atoms with Crippen molar-refractivity contribution in [1.29, 1.82) is 0 Å². The summed E-state index contributed by atoms with van der Waals surface area (Å²) < 4.78 is 16.2. The molecule has 2 aromatic carbocycles. The van der Waals surface area contributed by atoms with Crippen LogP contribution in [0.15, 0.2) is 72.9 Å². The fourth-order valence-electron chi connectivity index (χ4n) is 2.18. The molecule has 0 aliphatic carbocycles. The van der Waals surface area contributed by atoms with Gasteiger partial charge in [-0.2, -0.15) is 0 Å². The number of pyridine rings is 1. The van der Waals surface area contributed by atoms with Crippen LogP contribution in [0.4, 0.5) is 5.69 Å². The van der Waals surface area contributed by atoms with Gasteiger partial charge in [0.1, 0.15) is 17.2 Å². The molecule has 1 N–H and O–H groups in total. The van der Waals surface area contributed by atoms with Gasteiger partial charge in [-0.15, -0.1) is 0 Å². The molecule has 0 aliphatic heterocycles. The highest BCUT2D eigenvalue weighted by atomic mass is 16.5. The zero-order valence-electron chi connectivity index (χ0n) is 14.2. The number of methoxy groups -OCH3 is 1. The van der Waals surface area contributed by atoms with E-state index in [2.05, 4.69) is 10.3 Å². The molecule has 6 nitrogen and oxygen atoms in total. The molecular formula is C20H18N2O4. The Balaban J connectivity index is 1.50. The van der Waals surface area contributed by atoms with E-state index < -0.39 is 0 Å². The van der Waals surface area contributed by atoms with Crippen LogP contribution in [0.1, 0.15) is 0 Å². The van der Waals surface area contributed by atoms with E-state index >= 15 is 0 Å². The molecule has 0 fully saturated rings. The summed E-state index contributed by atoms with van der Waals surface area (Å²) in [5, 5.41) is 2.75. The molecule has 6 heteroatoms. The first kappa shape index (κ1) is 17.3. The standard InChI is InChI=1S/C20H18N2O4/c1-24-18-6-4-5-15(13-18)22-19(23)14-25-16-8-10-17(11-9-16)26-20-7-2-3-12-21-20/h2-13H,14H2,1H3,(H,22,23). The summed E-state index contributed by atoms with van der Waals surface area (Å²) in [4.78, 5) is 16.1. The Labute approximate surface area is 151 Å². The number of nitrogens with one attached hydrogen (secondary N) is 1. The number of amides is 1. The van der Waals surface area contributed by atoms with Gasteiger partial charge in [0.2, 0.25) is 5.88 Å². The summed E-state index contributed by atoms with van der Waals surface area (Å²) in [6.07, 6.45) is 1.66. The number of nitrogens with zero attached hydrogens (tertiary/aromatic N) is 1. The minimum absolute atomic E-state index is 0.0995. The third-order valence-electron chi connectivity index (χ3n) is 3.41. The average Bonchev–Trinajstić information content (AvgIpc) is 2.68. The summed E-state index contributed by atoms with van der Waals surface area (Å²) in [5.74, 6) is 2.13. The Morgan fingerprint density at radius 1 is 0.962 bits per heavy atom. The van der Waals surface area contributed by atoms with Crippen LogP contribution in [0.25, 0.3) is 0 Å². The molecule has 3 aromatic rings. The summed E-state index contributed by atoms with van der Waals surface area (Å²) in [6.45, 7) is -0.0995. The Morgan fingerprint density at radius 3 is 2.50 bits per heavy atom. The molecule has 1 amide bonds. The Hall–Kier alpha value is -3.54. The van der Waals surface area contributed by atoms with E-state index in [1.165, 1.54) is 0 Å². The predicted octanol–water partition coefficient (Wildman–Crippen LogP) is 3.90. The molecule has 0 aliphatic rings. The monoisotopic (exact) mass is 350 g/mol. The lowest BCUT2D eigenvalue weighted by Gasteiger charge is -2.09. The van der Waals surface area contributed by atoms with Gasteiger partial charge in [-0.05, 0) is 42.5 Å². The highest BCUT2D eigenvalue weighted by Gasteiger charge is 2.05. The lowest BCUT2D eigenvalue weighted by molar-refractivity contribution is -0.118. The van der Waals surface area contributed by atoms with Crippen molar-refractivity contribution in [2.75, 3.05) is 19.0 Å². The molecular weight excluding hydrogens is 332 g/mol. The summed E-state index contributed by atoms with van der Waals surface area (Å²) in [7, 11) is 1.57. The van der Waals surface area contributed by atoms with E-state index in [0.29, 0.717) is 28.8 Å². The van der Waals surface area contributed by atoms with Gasteiger partial charge < -0.3 is 19.5 Å². The number of hydrogen-bond donors (Lipinski definition) is 1. The molecule has 0 saturated carbocycles. The van der Waals surface area contributed by atoms with Crippen LogP contribution in [0.3, 0.4) is 0 Å². The van der Waals surface area contributed by atoms with E-state index in [-0.39, 0.29) is 12.5 Å². The zero-order chi connectivity index (χ0) is 18.2. The number of anilines is 1. The van der Waals surface area contributed by atoms with Crippen LogP contribution < -0.4 is 19.5 Å². The van der Waals surface area contributed by atoms with Crippen molar-refractivity contribution in [1.82, 2.24) is 4.98 Å². The molecule has 0 radical (unpaired) electrons. The Kier molecular flexibility index (Phi) is 5.67. The number of ether oxygens (including phenoxy) is 3. The summed E-state index contributed by atoms with van der Waals surface area (Å²) in [6, 6.07) is 19.5. The molecule has 0 spiro atoms. The van der Waals surface area contributed by atoms with Gasteiger partial charge in [-0.25, -0.2) is 4.98 Å². The average molecular weight is 350 g/mol. The van der Waals surface area contributed by atoms with E-state index in [1.54, 1.807) is 67.9 Å². The number of carbonyl (C=O) groups is 1. The number of hydrogen-bond acceptors (Lipinski definition) is 5. The largest absolute Gasteiger partial charge is 0.497 e. The van der Waals surface area contributed by atoms with Gasteiger partial charge in [0.25, 0.3) is 5.91 Å². The van der Waals surface area contributed by atoms with Gasteiger partial charge in [0, 0.05) is 24.0 Å². The van der Waals surface area contributed by atoms with Gasteiger partial charge in [-0.3, -0.25) is 4.79 Å². The lowest BCUT2D eigenvalue weighted by Crippen LogP contribution is -2.20. The Morgan fingerprint density at radius 2 is 1.77 bits per heavy atom. The summed E-state index contributed by atoms with van der Waals surface area (Å²) >= 11 is 0. The zero-order valence-corrected chi connectivity index (χ0v) is 14.2. The second kappa shape index (κ2) is 8.53. The van der Waals surface area contributed by atoms with Crippen molar-refractivity contribution in [2.45, 2.75) is 0 Å². The maximum Gasteiger partial charge on any atom is 0.262 e. The van der Waals surface area contributed by atoms with E-state index in [0.717, 1.165) is 0 Å². The quantitative estimate of drug-likeness (QED) is 0.700. The highest BCUT2D eigenvalue weighted by Crippen LogP contribution is 2.22. The maximum absolute atomic E-state index is 12.0. The minimum Gasteiger partial charge on any atom is -0.497 e. The van der Waals surface area contributed by atoms with Crippen molar-refractivity contribution in [2.24, 2.45) is 0 Å². The molecule has 0 atom stereocenters. The third kappa shape index (κ3) is 4.98. The van der Waals surface area contributed by atoms with Crippen LogP contribution in [0, 0.1) is 0 Å². The molecule has 0 saturated heterocycles. The van der Waals surface area contributed by atoms with Crippen molar-refractivity contribution >= 4 is 11.6 Å². The van der Waals surface area contributed by atoms with Crippen molar-refractivity contribution in [3.8, 4) is 23.1 Å². The van der Waals surface area contributed by atoms with E-state index in [4.69, 9.17) is 14.2 Å². The first-order valence-electron chi connectivity index (χ1n) is 7.98. The molecule has 26 heavy (non-hydrogen) atoms. The van der Waals surface area contributed by atoms with Crippen LogP contribution >= 0.6 is 0 Å². The normalized spacial score (nSPS) is 10.0. The fourth-order valence-corrected chi connectivity index (χ4v) is 2.18. The molecule has 0 bridgehead atoms. The predicted molar refractivity (Wildman–Crippen MR) is 97.9 cm³/mol. The molecule has 1 aromatic heterocycles. The number of carbonyl (C=O) groups excluding carboxylic acids is 1. The highest BCUT2D eigenvalue weighted by molar-refractivity contribution is 5.92. The van der Waals surface area contributed by atoms with Crippen molar-refractivity contribution in [3.05, 3.63) is 72.9 Å². The summed E-state index contributed by atoms with van der Waals surface area (Å²) in [5.41, 5.74) is 0.650. The molecule has 132 valence electrons. The van der Waals surface area contributed by atoms with Gasteiger partial charge >= 0.3 is 0 Å².